The molecule has 2 aromatic heterocycles. The Balaban J connectivity index is 1.33. The molecule has 4 saturated heterocycles. The van der Waals surface area contributed by atoms with Crippen LogP contribution in [0, 0.1) is 30.6 Å². The number of esters is 1. The van der Waals surface area contributed by atoms with E-state index < -0.39 is 83.4 Å². The number of amides is 1. The van der Waals surface area contributed by atoms with E-state index in [1.54, 1.807) is 58.7 Å². The van der Waals surface area contributed by atoms with Crippen LogP contribution >= 0.6 is 0 Å². The Morgan fingerprint density at radius 1 is 1.03 bits per heavy atom. The maximum absolute atomic E-state index is 14.9. The van der Waals surface area contributed by atoms with Gasteiger partial charge >= 0.3 is 12.1 Å². The smallest absolute Gasteiger partial charge is 0.411 e. The van der Waals surface area contributed by atoms with Gasteiger partial charge in [-0.3, -0.25) is 29.2 Å². The molecule has 0 aromatic carbocycles. The van der Waals surface area contributed by atoms with Crippen molar-refractivity contribution >= 4 is 34.7 Å². The predicted molar refractivity (Wildman–Crippen MR) is 220 cm³/mol. The van der Waals surface area contributed by atoms with Crippen LogP contribution in [0.1, 0.15) is 85.9 Å². The maximum atomic E-state index is 14.9. The number of aromatic hydroxyl groups is 1. The van der Waals surface area contributed by atoms with Gasteiger partial charge in [-0.1, -0.05) is 27.7 Å². The summed E-state index contributed by atoms with van der Waals surface area (Å²) in [6, 6.07) is 2.12. The third kappa shape index (κ3) is 8.27. The van der Waals surface area contributed by atoms with Gasteiger partial charge in [0.15, 0.2) is 17.7 Å². The molecule has 0 radical (unpaired) electrons. The van der Waals surface area contributed by atoms with Crippen molar-refractivity contribution in [1.82, 2.24) is 24.7 Å². The Kier molecular flexibility index (Phi) is 13.4. The van der Waals surface area contributed by atoms with Gasteiger partial charge in [0.05, 0.1) is 46.6 Å². The number of carbonyl (C=O) groups is 4. The standard InChI is InChI=1S/C44H65N5O11/c1-13-32-44(9)38(49(42(55)60-44)28-19-48(20-28)21-29-33-30(15-14-16-45-33)46-27(7)36(29)52)24(4)34(50)22(2)18-43(8,56-12)39(25(5)35(51)26(6)40(54)58-32)59-41-37(53)31(47(10)11)17-23(3)57-41/h14-16,22-26,28,31-32,37-39,41,52-53H,13,17-21H2,1-12H3/t22-,23-,24+,25+,26-,31+,32-,37-,38-,39-,41+,43-,44-/m1/s1. The van der Waals surface area contributed by atoms with E-state index in [0.29, 0.717) is 48.3 Å². The van der Waals surface area contributed by atoms with E-state index in [2.05, 4.69) is 14.9 Å². The molecule has 1 amide bonds. The summed E-state index contributed by atoms with van der Waals surface area (Å²) in [5.74, 6) is -5.08. The third-order valence-corrected chi connectivity index (χ3v) is 13.8. The monoisotopic (exact) mass is 839 g/mol. The molecule has 2 aromatic rings. The number of rotatable bonds is 8. The highest BCUT2D eigenvalue weighted by molar-refractivity contribution is 6.00. The molecule has 6 rings (SSSR count). The Morgan fingerprint density at radius 2 is 1.72 bits per heavy atom. The minimum atomic E-state index is -1.46. The lowest BCUT2D eigenvalue weighted by Crippen LogP contribution is -2.65. The molecular formula is C44H65N5O11. The van der Waals surface area contributed by atoms with Crippen LogP contribution < -0.4 is 0 Å². The van der Waals surface area contributed by atoms with E-state index >= 15 is 0 Å². The van der Waals surface area contributed by atoms with E-state index in [4.69, 9.17) is 23.7 Å². The summed E-state index contributed by atoms with van der Waals surface area (Å²) in [5, 5.41) is 22.5. The molecule has 4 fully saturated rings. The van der Waals surface area contributed by atoms with Gasteiger partial charge in [-0.2, -0.15) is 0 Å². The third-order valence-electron chi connectivity index (χ3n) is 13.8. The SMILES string of the molecule is CC[C@H]1OC(=O)[C@H](C)C(=O)[C@H](C)[C@@H](O[C@@H]2O[C@H](C)C[C@H](N(C)C)[C@H]2O)[C@](C)(OC)C[C@@H](C)C(=O)[C@H](C)[C@H]2N(C3CN(Cc4c(O)c(C)nc5cccnc45)C3)C(=O)O[C@]12C. The number of aliphatic hydroxyl groups excluding tert-OH is 1. The zero-order valence-corrected chi connectivity index (χ0v) is 37.2. The van der Waals surface area contributed by atoms with Gasteiger partial charge in [-0.15, -0.1) is 0 Å². The molecule has 0 bridgehead atoms. The number of methoxy groups -OCH3 is 1. The molecule has 2 N–H and O–H groups in total. The van der Waals surface area contributed by atoms with Crippen LogP contribution in [-0.2, 0) is 44.6 Å². The fourth-order valence-corrected chi connectivity index (χ4v) is 10.3. The molecule has 4 aliphatic rings. The number of aromatic nitrogens is 2. The summed E-state index contributed by atoms with van der Waals surface area (Å²) < 4.78 is 31.4. The van der Waals surface area contributed by atoms with Crippen LogP contribution in [0.25, 0.3) is 11.0 Å². The summed E-state index contributed by atoms with van der Waals surface area (Å²) in [6.45, 7) is 16.8. The summed E-state index contributed by atoms with van der Waals surface area (Å²) in [4.78, 5) is 72.0. The lowest BCUT2D eigenvalue weighted by molar-refractivity contribution is -0.295. The van der Waals surface area contributed by atoms with Crippen molar-refractivity contribution in [3.05, 3.63) is 29.6 Å². The molecule has 0 saturated carbocycles. The summed E-state index contributed by atoms with van der Waals surface area (Å²) in [7, 11) is 5.22. The second kappa shape index (κ2) is 17.5. The summed E-state index contributed by atoms with van der Waals surface area (Å²) >= 11 is 0. The number of ketones is 2. The van der Waals surface area contributed by atoms with E-state index in [1.807, 2.05) is 38.9 Å². The largest absolute Gasteiger partial charge is 0.506 e. The molecular weight excluding hydrogens is 775 g/mol. The van der Waals surface area contributed by atoms with Crippen LogP contribution in [0.4, 0.5) is 4.79 Å². The van der Waals surface area contributed by atoms with Crippen LogP contribution in [-0.4, -0.2) is 153 Å². The highest BCUT2D eigenvalue weighted by Crippen LogP contribution is 2.45. The molecule has 0 aliphatic carbocycles. The lowest BCUT2D eigenvalue weighted by atomic mass is 9.73. The average molecular weight is 840 g/mol. The fraction of sp³-hybridized carbons (Fsp3) is 0.727. The van der Waals surface area contributed by atoms with E-state index in [-0.39, 0.29) is 42.6 Å². The number of likely N-dealkylation sites (tertiary alicyclic amines) is 1. The van der Waals surface area contributed by atoms with Crippen molar-refractivity contribution in [2.45, 2.75) is 148 Å². The van der Waals surface area contributed by atoms with Crippen molar-refractivity contribution in [1.29, 1.82) is 0 Å². The second-order valence-electron chi connectivity index (χ2n) is 18.3. The van der Waals surface area contributed by atoms with Gasteiger partial charge in [-0.25, -0.2) is 9.78 Å². The molecule has 0 unspecified atom stereocenters. The first-order valence-corrected chi connectivity index (χ1v) is 21.3. The normalized spacial score (nSPS) is 37.8. The molecule has 16 heteroatoms. The summed E-state index contributed by atoms with van der Waals surface area (Å²) in [6.07, 6.45) is -2.61. The van der Waals surface area contributed by atoms with E-state index in [9.17, 15) is 29.4 Å². The summed E-state index contributed by atoms with van der Waals surface area (Å²) in [5.41, 5.74) is -0.367. The fourth-order valence-electron chi connectivity index (χ4n) is 10.3. The predicted octanol–water partition coefficient (Wildman–Crippen LogP) is 4.03. The van der Waals surface area contributed by atoms with E-state index in [1.165, 1.54) is 14.0 Å². The Bertz CT molecular complexity index is 1940. The van der Waals surface area contributed by atoms with E-state index in [0.717, 1.165) is 0 Å². The lowest BCUT2D eigenvalue weighted by Gasteiger charge is -2.48. The van der Waals surface area contributed by atoms with Crippen molar-refractivity contribution in [2.24, 2.45) is 23.7 Å². The number of aliphatic hydroxyl groups is 1. The number of pyridine rings is 2. The first kappa shape index (κ1) is 45.7. The number of ether oxygens (including phenoxy) is 5. The highest BCUT2D eigenvalue weighted by atomic mass is 16.7. The molecule has 13 atom stereocenters. The second-order valence-corrected chi connectivity index (χ2v) is 18.3. The number of aryl methyl sites for hydroxylation is 1. The Labute approximate surface area is 353 Å². The van der Waals surface area contributed by atoms with Gasteiger partial charge < -0.3 is 38.8 Å². The molecule has 332 valence electrons. The topological polar surface area (TPSA) is 190 Å². The number of nitrogens with zero attached hydrogens (tertiary/aromatic N) is 5. The maximum Gasteiger partial charge on any atom is 0.411 e. The van der Waals surface area contributed by atoms with Gasteiger partial charge in [0.25, 0.3) is 0 Å². The number of hydrogen-bond acceptors (Lipinski definition) is 15. The highest BCUT2D eigenvalue weighted by Gasteiger charge is 2.62. The van der Waals surface area contributed by atoms with Crippen LogP contribution in [0.5, 0.6) is 5.75 Å². The first-order chi connectivity index (χ1) is 28.2. The minimum absolute atomic E-state index is 0.0669. The zero-order valence-electron chi connectivity index (χ0n) is 37.2. The molecule has 6 heterocycles. The number of hydrogen-bond donors (Lipinski definition) is 2. The zero-order chi connectivity index (χ0) is 44.2. The molecule has 0 spiro atoms. The number of likely N-dealkylation sites (N-methyl/N-ethyl adjacent to an activating group) is 1. The Hall–Kier alpha value is -3.80. The number of Topliss-reactive ketones (excluding diaryl/α,β-unsaturated/α-hetero) is 2. The molecule has 4 aliphatic heterocycles. The van der Waals surface area contributed by atoms with Crippen molar-refractivity contribution in [2.75, 3.05) is 34.3 Å². The number of fused-ring (bicyclic) bond motifs is 2. The average Bonchev–Trinajstić information content (AvgIpc) is 3.46. The van der Waals surface area contributed by atoms with Crippen molar-refractivity contribution < 1.29 is 53.1 Å². The van der Waals surface area contributed by atoms with Gasteiger partial charge in [-0.05, 0) is 80.1 Å². The Morgan fingerprint density at radius 3 is 2.35 bits per heavy atom. The van der Waals surface area contributed by atoms with Crippen LogP contribution in [0.2, 0.25) is 0 Å². The van der Waals surface area contributed by atoms with Gasteiger partial charge in [0, 0.05) is 62.3 Å². The van der Waals surface area contributed by atoms with Crippen molar-refractivity contribution in [3.8, 4) is 5.75 Å². The van der Waals surface area contributed by atoms with Crippen molar-refractivity contribution in [3.63, 3.8) is 0 Å². The van der Waals surface area contributed by atoms with Gasteiger partial charge in [0.1, 0.15) is 29.7 Å². The number of cyclic esters (lactones) is 1. The van der Waals surface area contributed by atoms with Crippen LogP contribution in [0.3, 0.4) is 0 Å². The molecule has 60 heavy (non-hydrogen) atoms. The quantitative estimate of drug-likeness (QED) is 0.286. The number of carbonyl (C=O) groups excluding carboxylic acids is 4. The van der Waals surface area contributed by atoms with Gasteiger partial charge in [0.2, 0.25) is 0 Å². The minimum Gasteiger partial charge on any atom is -0.506 e. The molecule has 16 nitrogen and oxygen atoms in total. The van der Waals surface area contributed by atoms with Crippen LogP contribution in [0.15, 0.2) is 18.3 Å². The first-order valence-electron chi connectivity index (χ1n) is 21.3.